The molecular formula is C10H13ClN2OS. The first-order chi connectivity index (χ1) is 7.22. The molecule has 82 valence electrons. The minimum absolute atomic E-state index is 0.0296. The van der Waals surface area contributed by atoms with Crippen molar-refractivity contribution in [2.75, 3.05) is 5.88 Å². The van der Waals surface area contributed by atoms with Crippen molar-refractivity contribution >= 4 is 23.4 Å². The topological polar surface area (TPSA) is 34.9 Å². The van der Waals surface area contributed by atoms with Gasteiger partial charge in [0.2, 0.25) is 0 Å². The summed E-state index contributed by atoms with van der Waals surface area (Å²) in [7, 11) is 0. The molecule has 0 aliphatic heterocycles. The summed E-state index contributed by atoms with van der Waals surface area (Å²) in [6.07, 6.45) is 5.69. The first-order valence-corrected chi connectivity index (χ1v) is 6.43. The van der Waals surface area contributed by atoms with Gasteiger partial charge in [-0.3, -0.25) is 4.79 Å². The number of thioether (sulfide) groups is 1. The van der Waals surface area contributed by atoms with E-state index in [4.69, 9.17) is 11.6 Å². The van der Waals surface area contributed by atoms with Crippen LogP contribution in [0.2, 0.25) is 0 Å². The van der Waals surface area contributed by atoms with Gasteiger partial charge < -0.3 is 4.57 Å². The zero-order chi connectivity index (χ0) is 10.8. The molecule has 0 spiro atoms. The predicted molar refractivity (Wildman–Crippen MR) is 62.8 cm³/mol. The van der Waals surface area contributed by atoms with Crippen molar-refractivity contribution in [3.63, 3.8) is 0 Å². The van der Waals surface area contributed by atoms with Gasteiger partial charge in [0.25, 0.3) is 5.56 Å². The average Bonchev–Trinajstić information content (AvgIpc) is 3.04. The van der Waals surface area contributed by atoms with E-state index in [0.717, 1.165) is 12.8 Å². The van der Waals surface area contributed by atoms with Crippen LogP contribution in [-0.2, 0) is 0 Å². The standard InChI is InChI=1S/C10H13ClN2OS/c1-7(6-11)15-9-10(14)13(5-4-12-9)8-2-3-8/h4-5,7-8H,2-3,6H2,1H3. The molecule has 0 N–H and O–H groups in total. The Labute approximate surface area is 97.9 Å². The summed E-state index contributed by atoms with van der Waals surface area (Å²) in [4.78, 5) is 16.0. The van der Waals surface area contributed by atoms with Crippen molar-refractivity contribution in [1.29, 1.82) is 0 Å². The lowest BCUT2D eigenvalue weighted by atomic mass is 10.6. The number of rotatable bonds is 4. The highest BCUT2D eigenvalue weighted by atomic mass is 35.5. The largest absolute Gasteiger partial charge is 0.309 e. The summed E-state index contributed by atoms with van der Waals surface area (Å²) in [5.41, 5.74) is 0.0296. The van der Waals surface area contributed by atoms with E-state index in [1.54, 1.807) is 17.0 Å². The van der Waals surface area contributed by atoms with Crippen LogP contribution in [0.4, 0.5) is 0 Å². The van der Waals surface area contributed by atoms with Gasteiger partial charge in [-0.05, 0) is 12.8 Å². The Bertz CT molecular complexity index is 403. The van der Waals surface area contributed by atoms with Gasteiger partial charge in [0.15, 0.2) is 5.03 Å². The van der Waals surface area contributed by atoms with Crippen LogP contribution in [0.1, 0.15) is 25.8 Å². The molecule has 0 bridgehead atoms. The fourth-order valence-corrected chi connectivity index (χ4v) is 2.31. The summed E-state index contributed by atoms with van der Waals surface area (Å²) >= 11 is 7.16. The van der Waals surface area contributed by atoms with Gasteiger partial charge in [-0.25, -0.2) is 4.98 Å². The summed E-state index contributed by atoms with van der Waals surface area (Å²) in [6, 6.07) is 0.408. The van der Waals surface area contributed by atoms with E-state index < -0.39 is 0 Å². The van der Waals surface area contributed by atoms with E-state index in [9.17, 15) is 4.79 Å². The molecule has 5 heteroatoms. The predicted octanol–water partition coefficient (Wildman–Crippen LogP) is 2.30. The molecule has 1 saturated carbocycles. The summed E-state index contributed by atoms with van der Waals surface area (Å²) in [6.45, 7) is 1.99. The second kappa shape index (κ2) is 4.58. The van der Waals surface area contributed by atoms with Crippen molar-refractivity contribution in [3.05, 3.63) is 22.7 Å². The molecule has 0 amide bonds. The monoisotopic (exact) mass is 244 g/mol. The fourth-order valence-electron chi connectivity index (χ4n) is 1.35. The number of halogens is 1. The highest BCUT2D eigenvalue weighted by molar-refractivity contribution is 7.99. The minimum atomic E-state index is 0.0296. The lowest BCUT2D eigenvalue weighted by Crippen LogP contribution is -2.22. The molecule has 15 heavy (non-hydrogen) atoms. The van der Waals surface area contributed by atoms with Crippen LogP contribution in [0.25, 0.3) is 0 Å². The maximum Gasteiger partial charge on any atom is 0.283 e. The molecule has 0 aromatic carbocycles. The molecule has 0 saturated heterocycles. The van der Waals surface area contributed by atoms with Crippen LogP contribution >= 0.6 is 23.4 Å². The van der Waals surface area contributed by atoms with E-state index in [0.29, 0.717) is 16.9 Å². The van der Waals surface area contributed by atoms with E-state index in [-0.39, 0.29) is 10.8 Å². The molecule has 0 radical (unpaired) electrons. The molecule has 2 rings (SSSR count). The molecule has 3 nitrogen and oxygen atoms in total. The van der Waals surface area contributed by atoms with Crippen LogP contribution in [0, 0.1) is 0 Å². The summed E-state index contributed by atoms with van der Waals surface area (Å²) in [5, 5.41) is 0.791. The number of alkyl halides is 1. The number of hydrogen-bond donors (Lipinski definition) is 0. The Balaban J connectivity index is 2.24. The van der Waals surface area contributed by atoms with Gasteiger partial charge in [0, 0.05) is 29.6 Å². The third-order valence-electron chi connectivity index (χ3n) is 2.31. The van der Waals surface area contributed by atoms with Crippen LogP contribution in [0.15, 0.2) is 22.2 Å². The SMILES string of the molecule is CC(CCl)Sc1nccn(C2CC2)c1=O. The summed E-state index contributed by atoms with van der Waals surface area (Å²) < 4.78 is 1.79. The third kappa shape index (κ3) is 2.55. The van der Waals surface area contributed by atoms with Gasteiger partial charge in [-0.2, -0.15) is 0 Å². The Hall–Kier alpha value is -0.480. The van der Waals surface area contributed by atoms with Gasteiger partial charge in [0.05, 0.1) is 0 Å². The quantitative estimate of drug-likeness (QED) is 0.602. The van der Waals surface area contributed by atoms with E-state index in [2.05, 4.69) is 4.98 Å². The lowest BCUT2D eigenvalue weighted by Gasteiger charge is -2.08. The fraction of sp³-hybridized carbons (Fsp3) is 0.600. The van der Waals surface area contributed by atoms with E-state index in [1.165, 1.54) is 11.8 Å². The molecule has 1 heterocycles. The maximum atomic E-state index is 11.9. The highest BCUT2D eigenvalue weighted by Gasteiger charge is 2.25. The normalized spacial score (nSPS) is 17.7. The van der Waals surface area contributed by atoms with Gasteiger partial charge in [0.1, 0.15) is 0 Å². The van der Waals surface area contributed by atoms with Crippen molar-refractivity contribution in [1.82, 2.24) is 9.55 Å². The minimum Gasteiger partial charge on any atom is -0.309 e. The van der Waals surface area contributed by atoms with Gasteiger partial charge in [-0.1, -0.05) is 18.7 Å². The van der Waals surface area contributed by atoms with Crippen molar-refractivity contribution < 1.29 is 0 Å². The first kappa shape index (κ1) is 11.0. The van der Waals surface area contributed by atoms with Crippen LogP contribution in [0.3, 0.4) is 0 Å². The molecule has 1 aromatic heterocycles. The van der Waals surface area contributed by atoms with E-state index >= 15 is 0 Å². The molecular weight excluding hydrogens is 232 g/mol. The van der Waals surface area contributed by atoms with Crippen LogP contribution in [0.5, 0.6) is 0 Å². The van der Waals surface area contributed by atoms with Crippen LogP contribution < -0.4 is 5.56 Å². The molecule has 1 fully saturated rings. The van der Waals surface area contributed by atoms with Crippen molar-refractivity contribution in [2.45, 2.75) is 36.1 Å². The zero-order valence-electron chi connectivity index (χ0n) is 8.52. The highest BCUT2D eigenvalue weighted by Crippen LogP contribution is 2.33. The molecule has 1 aliphatic rings. The van der Waals surface area contributed by atoms with Gasteiger partial charge in [-0.15, -0.1) is 11.6 Å². The Morgan fingerprint density at radius 1 is 1.73 bits per heavy atom. The lowest BCUT2D eigenvalue weighted by molar-refractivity contribution is 0.674. The second-order valence-corrected chi connectivity index (χ2v) is 5.49. The van der Waals surface area contributed by atoms with Crippen LogP contribution in [-0.4, -0.2) is 20.7 Å². The van der Waals surface area contributed by atoms with E-state index in [1.807, 2.05) is 6.92 Å². The Morgan fingerprint density at radius 2 is 2.47 bits per heavy atom. The number of nitrogens with zero attached hydrogens (tertiary/aromatic N) is 2. The molecule has 1 unspecified atom stereocenters. The maximum absolute atomic E-state index is 11.9. The van der Waals surface area contributed by atoms with Gasteiger partial charge >= 0.3 is 0 Å². The third-order valence-corrected chi connectivity index (χ3v) is 4.03. The first-order valence-electron chi connectivity index (χ1n) is 5.02. The average molecular weight is 245 g/mol. The molecule has 1 aromatic rings. The molecule has 1 aliphatic carbocycles. The Kier molecular flexibility index (Phi) is 3.36. The smallest absolute Gasteiger partial charge is 0.283 e. The second-order valence-electron chi connectivity index (χ2n) is 3.76. The summed E-state index contributed by atoms with van der Waals surface area (Å²) in [5.74, 6) is 0.532. The number of hydrogen-bond acceptors (Lipinski definition) is 3. The molecule has 1 atom stereocenters. The van der Waals surface area contributed by atoms with Crippen molar-refractivity contribution in [2.24, 2.45) is 0 Å². The number of aromatic nitrogens is 2. The van der Waals surface area contributed by atoms with Crippen molar-refractivity contribution in [3.8, 4) is 0 Å². The zero-order valence-corrected chi connectivity index (χ0v) is 10.1. The Morgan fingerprint density at radius 3 is 3.07 bits per heavy atom.